The van der Waals surface area contributed by atoms with Gasteiger partial charge in [0, 0.05) is 27.1 Å². The zero-order valence-electron chi connectivity index (χ0n) is 14.9. The lowest BCUT2D eigenvalue weighted by atomic mass is 10.1. The molecule has 1 aliphatic heterocycles. The second kappa shape index (κ2) is 7.73. The van der Waals surface area contributed by atoms with E-state index >= 15 is 0 Å². The van der Waals surface area contributed by atoms with Crippen LogP contribution in [0.1, 0.15) is 31.2 Å². The molecule has 4 nitrogen and oxygen atoms in total. The molecule has 0 fully saturated rings. The van der Waals surface area contributed by atoms with E-state index in [0.29, 0.717) is 28.4 Å². The first-order chi connectivity index (χ1) is 13.5. The van der Waals surface area contributed by atoms with Crippen LogP contribution in [-0.4, -0.2) is 18.2 Å². The highest BCUT2D eigenvalue weighted by molar-refractivity contribution is 9.10. The summed E-state index contributed by atoms with van der Waals surface area (Å²) in [6.45, 7) is 1.90. The minimum atomic E-state index is -0.153. The summed E-state index contributed by atoms with van der Waals surface area (Å²) < 4.78 is 12.3. The molecule has 0 unspecified atom stereocenters. The van der Waals surface area contributed by atoms with Crippen molar-refractivity contribution in [3.05, 3.63) is 85.7 Å². The molecule has 28 heavy (non-hydrogen) atoms. The SMILES string of the molecule is Cc1ccsc1C=C1Oc2cc(OCC(=O)c3ccc(Br)cc3)ccc2C1=O. The number of carbonyl (C=O) groups excluding carboxylic acids is 2. The fourth-order valence-corrected chi connectivity index (χ4v) is 3.89. The molecule has 0 atom stereocenters. The Balaban J connectivity index is 1.47. The number of carbonyl (C=O) groups is 2. The van der Waals surface area contributed by atoms with E-state index in [1.807, 2.05) is 30.5 Å². The third-order valence-corrected chi connectivity index (χ3v) is 5.84. The second-order valence-electron chi connectivity index (χ2n) is 6.28. The molecule has 0 saturated carbocycles. The highest BCUT2D eigenvalue weighted by Gasteiger charge is 2.28. The molecule has 6 heteroatoms. The minimum Gasteiger partial charge on any atom is -0.485 e. The van der Waals surface area contributed by atoms with Gasteiger partial charge in [-0.1, -0.05) is 28.1 Å². The normalized spacial score (nSPS) is 14.1. The summed E-state index contributed by atoms with van der Waals surface area (Å²) >= 11 is 4.90. The van der Waals surface area contributed by atoms with Gasteiger partial charge in [-0.3, -0.25) is 9.59 Å². The molecule has 0 aliphatic carbocycles. The number of Topliss-reactive ketones (excluding diaryl/α,β-unsaturated/α-hetero) is 2. The first-order valence-electron chi connectivity index (χ1n) is 8.55. The maximum Gasteiger partial charge on any atom is 0.232 e. The largest absolute Gasteiger partial charge is 0.485 e. The summed E-state index contributed by atoms with van der Waals surface area (Å²) in [6.07, 6.45) is 1.76. The van der Waals surface area contributed by atoms with Crippen molar-refractivity contribution in [3.8, 4) is 11.5 Å². The van der Waals surface area contributed by atoms with Gasteiger partial charge in [0.15, 0.2) is 18.1 Å². The minimum absolute atomic E-state index is 0.0918. The molecule has 0 N–H and O–H groups in total. The van der Waals surface area contributed by atoms with Crippen LogP contribution in [-0.2, 0) is 0 Å². The second-order valence-corrected chi connectivity index (χ2v) is 8.15. The molecule has 140 valence electrons. The Morgan fingerprint density at radius 2 is 1.96 bits per heavy atom. The highest BCUT2D eigenvalue weighted by atomic mass is 79.9. The number of allylic oxidation sites excluding steroid dienone is 1. The number of hydrogen-bond donors (Lipinski definition) is 0. The topological polar surface area (TPSA) is 52.6 Å². The van der Waals surface area contributed by atoms with Gasteiger partial charge < -0.3 is 9.47 Å². The maximum atomic E-state index is 12.5. The lowest BCUT2D eigenvalue weighted by Crippen LogP contribution is -2.11. The Morgan fingerprint density at radius 1 is 1.18 bits per heavy atom. The molecule has 2 aromatic carbocycles. The van der Waals surface area contributed by atoms with Gasteiger partial charge in [-0.05, 0) is 48.2 Å². The van der Waals surface area contributed by atoms with Crippen LogP contribution in [0, 0.1) is 6.92 Å². The zero-order chi connectivity index (χ0) is 19.7. The van der Waals surface area contributed by atoms with E-state index in [9.17, 15) is 9.59 Å². The van der Waals surface area contributed by atoms with Crippen LogP contribution < -0.4 is 9.47 Å². The van der Waals surface area contributed by atoms with Gasteiger partial charge in [0.05, 0.1) is 5.56 Å². The van der Waals surface area contributed by atoms with E-state index < -0.39 is 0 Å². The van der Waals surface area contributed by atoms with Gasteiger partial charge in [0.25, 0.3) is 0 Å². The average Bonchev–Trinajstić information content (AvgIpc) is 3.23. The van der Waals surface area contributed by atoms with Gasteiger partial charge >= 0.3 is 0 Å². The molecule has 0 spiro atoms. The summed E-state index contributed by atoms with van der Waals surface area (Å²) in [4.78, 5) is 25.8. The van der Waals surface area contributed by atoms with Crippen molar-refractivity contribution in [1.82, 2.24) is 0 Å². The van der Waals surface area contributed by atoms with Crippen LogP contribution in [0.5, 0.6) is 11.5 Å². The van der Waals surface area contributed by atoms with E-state index in [-0.39, 0.29) is 18.2 Å². The number of halogens is 1. The Bertz CT molecular complexity index is 1100. The number of rotatable bonds is 5. The lowest BCUT2D eigenvalue weighted by Gasteiger charge is -2.07. The monoisotopic (exact) mass is 454 g/mol. The standard InChI is InChI=1S/C22H15BrO4S/c1-13-8-9-28-21(13)11-20-22(25)17-7-6-16(10-19(17)27-20)26-12-18(24)14-2-4-15(23)5-3-14/h2-11H,12H2,1H3. The van der Waals surface area contributed by atoms with E-state index in [4.69, 9.17) is 9.47 Å². The van der Waals surface area contributed by atoms with Crippen molar-refractivity contribution in [2.45, 2.75) is 6.92 Å². The van der Waals surface area contributed by atoms with E-state index in [1.165, 1.54) is 0 Å². The molecule has 0 radical (unpaired) electrons. The summed E-state index contributed by atoms with van der Waals surface area (Å²) in [5.41, 5.74) is 2.17. The van der Waals surface area contributed by atoms with Gasteiger partial charge in [-0.2, -0.15) is 0 Å². The lowest BCUT2D eigenvalue weighted by molar-refractivity contribution is 0.0921. The quantitative estimate of drug-likeness (QED) is 0.366. The van der Waals surface area contributed by atoms with Crippen molar-refractivity contribution in [1.29, 1.82) is 0 Å². The fourth-order valence-electron chi connectivity index (χ4n) is 2.78. The van der Waals surface area contributed by atoms with Crippen molar-refractivity contribution in [3.63, 3.8) is 0 Å². The Labute approximate surface area is 174 Å². The van der Waals surface area contributed by atoms with E-state index in [0.717, 1.165) is 14.9 Å². The van der Waals surface area contributed by atoms with Crippen LogP contribution in [0.4, 0.5) is 0 Å². The molecule has 4 rings (SSSR count). The number of hydrogen-bond acceptors (Lipinski definition) is 5. The first-order valence-corrected chi connectivity index (χ1v) is 10.2. The van der Waals surface area contributed by atoms with Crippen LogP contribution >= 0.6 is 27.3 Å². The van der Waals surface area contributed by atoms with Crippen molar-refractivity contribution in [2.24, 2.45) is 0 Å². The number of aryl methyl sites for hydroxylation is 1. The molecule has 0 saturated heterocycles. The molecule has 1 aromatic heterocycles. The molecular formula is C22H15BrO4S. The Morgan fingerprint density at radius 3 is 2.68 bits per heavy atom. The molecule has 0 bridgehead atoms. The number of ether oxygens (including phenoxy) is 2. The summed E-state index contributed by atoms with van der Waals surface area (Å²) in [5, 5.41) is 1.97. The van der Waals surface area contributed by atoms with Crippen LogP contribution in [0.2, 0.25) is 0 Å². The average molecular weight is 455 g/mol. The van der Waals surface area contributed by atoms with Gasteiger partial charge in [0.1, 0.15) is 11.5 Å². The molecule has 1 aliphatic rings. The zero-order valence-corrected chi connectivity index (χ0v) is 17.3. The number of benzene rings is 2. The fraction of sp³-hybridized carbons (Fsp3) is 0.0909. The summed E-state index contributed by atoms with van der Waals surface area (Å²) in [7, 11) is 0. The van der Waals surface area contributed by atoms with Crippen molar-refractivity contribution in [2.75, 3.05) is 6.61 Å². The van der Waals surface area contributed by atoms with Gasteiger partial charge in [-0.15, -0.1) is 11.3 Å². The number of fused-ring (bicyclic) bond motifs is 1. The predicted octanol–water partition coefficient (Wildman–Crippen LogP) is 5.70. The van der Waals surface area contributed by atoms with E-state index in [1.54, 1.807) is 47.7 Å². The first kappa shape index (κ1) is 18.7. The number of ketones is 2. The van der Waals surface area contributed by atoms with E-state index in [2.05, 4.69) is 15.9 Å². The molecule has 2 heterocycles. The number of thiophene rings is 1. The highest BCUT2D eigenvalue weighted by Crippen LogP contribution is 2.35. The summed E-state index contributed by atoms with van der Waals surface area (Å²) in [6, 6.07) is 14.1. The Hall–Kier alpha value is -2.70. The van der Waals surface area contributed by atoms with Crippen molar-refractivity contribution < 1.29 is 19.1 Å². The van der Waals surface area contributed by atoms with Crippen LogP contribution in [0.3, 0.4) is 0 Å². The molecule has 3 aromatic rings. The third kappa shape index (κ3) is 3.79. The smallest absolute Gasteiger partial charge is 0.232 e. The maximum absolute atomic E-state index is 12.5. The molecular weight excluding hydrogens is 440 g/mol. The van der Waals surface area contributed by atoms with Crippen molar-refractivity contribution >= 4 is 44.9 Å². The predicted molar refractivity (Wildman–Crippen MR) is 112 cm³/mol. The van der Waals surface area contributed by atoms with Crippen LogP contribution in [0.15, 0.2) is 64.1 Å². The Kier molecular flexibility index (Phi) is 5.15. The van der Waals surface area contributed by atoms with Gasteiger partial charge in [0.2, 0.25) is 5.78 Å². The van der Waals surface area contributed by atoms with Crippen LogP contribution in [0.25, 0.3) is 6.08 Å². The molecule has 0 amide bonds. The van der Waals surface area contributed by atoms with Gasteiger partial charge in [-0.25, -0.2) is 0 Å². The third-order valence-electron chi connectivity index (χ3n) is 4.34. The summed E-state index contributed by atoms with van der Waals surface area (Å²) in [5.74, 6) is 0.937.